The molecule has 0 saturated carbocycles. The molecular formula is C25H30N2O5. The number of piperazine rings is 1. The Balaban J connectivity index is 1.46. The second-order valence-corrected chi connectivity index (χ2v) is 8.45. The standard InChI is InChI=1S/C25H30N2O5/c1-4-20-21-13-17(14-22(31-3)24(21)32-16(2)23(20)28)15-26-9-11-27(12-10-26)19-7-5-18(6-8-19)25(29)30/h5-8,13-14,16,20H,4,9-12,15H2,1-3H3,(H,29,30). The molecule has 7 heteroatoms. The van der Waals surface area contributed by atoms with Crippen LogP contribution in [0.25, 0.3) is 0 Å². The quantitative estimate of drug-likeness (QED) is 0.739. The van der Waals surface area contributed by atoms with Gasteiger partial charge in [-0.05, 0) is 55.3 Å². The van der Waals surface area contributed by atoms with Crippen LogP contribution in [0.3, 0.4) is 0 Å². The average Bonchev–Trinajstić information content (AvgIpc) is 2.80. The number of nitrogens with zero attached hydrogens (tertiary/aromatic N) is 2. The predicted octanol–water partition coefficient (Wildman–Crippen LogP) is 3.56. The van der Waals surface area contributed by atoms with Crippen molar-refractivity contribution in [1.29, 1.82) is 0 Å². The summed E-state index contributed by atoms with van der Waals surface area (Å²) in [5, 5.41) is 9.08. The summed E-state index contributed by atoms with van der Waals surface area (Å²) in [7, 11) is 1.64. The number of carbonyl (C=O) groups is 2. The third kappa shape index (κ3) is 4.30. The Bertz CT molecular complexity index is 996. The van der Waals surface area contributed by atoms with E-state index in [0.29, 0.717) is 17.1 Å². The minimum Gasteiger partial charge on any atom is -0.493 e. The van der Waals surface area contributed by atoms with Gasteiger partial charge in [0.05, 0.1) is 18.6 Å². The number of hydrogen-bond acceptors (Lipinski definition) is 6. The molecule has 0 bridgehead atoms. The maximum Gasteiger partial charge on any atom is 0.335 e. The summed E-state index contributed by atoms with van der Waals surface area (Å²) < 4.78 is 11.5. The highest BCUT2D eigenvalue weighted by atomic mass is 16.5. The number of rotatable bonds is 6. The van der Waals surface area contributed by atoms with Crippen molar-refractivity contribution in [2.45, 2.75) is 38.8 Å². The first kappa shape index (κ1) is 22.1. The van der Waals surface area contributed by atoms with Crippen LogP contribution in [0.15, 0.2) is 36.4 Å². The maximum absolute atomic E-state index is 12.6. The molecule has 2 atom stereocenters. The van der Waals surface area contributed by atoms with Crippen LogP contribution in [0.1, 0.15) is 47.7 Å². The lowest BCUT2D eigenvalue weighted by molar-refractivity contribution is -0.128. The van der Waals surface area contributed by atoms with Gasteiger partial charge < -0.3 is 19.5 Å². The number of fused-ring (bicyclic) bond motifs is 1. The van der Waals surface area contributed by atoms with Gasteiger partial charge in [-0.25, -0.2) is 4.79 Å². The van der Waals surface area contributed by atoms with Crippen molar-refractivity contribution in [2.24, 2.45) is 0 Å². The van der Waals surface area contributed by atoms with E-state index in [4.69, 9.17) is 14.6 Å². The number of ether oxygens (including phenoxy) is 2. The van der Waals surface area contributed by atoms with Gasteiger partial charge in [0.1, 0.15) is 0 Å². The van der Waals surface area contributed by atoms with E-state index in [9.17, 15) is 9.59 Å². The number of methoxy groups -OCH3 is 1. The summed E-state index contributed by atoms with van der Waals surface area (Å²) in [5.74, 6) is 0.445. The first-order chi connectivity index (χ1) is 15.4. The lowest BCUT2D eigenvalue weighted by atomic mass is 9.85. The Morgan fingerprint density at radius 2 is 1.84 bits per heavy atom. The molecule has 0 radical (unpaired) electrons. The molecule has 0 spiro atoms. The largest absolute Gasteiger partial charge is 0.493 e. The number of carbonyl (C=O) groups excluding carboxylic acids is 1. The third-order valence-corrected chi connectivity index (χ3v) is 6.44. The fraction of sp³-hybridized carbons (Fsp3) is 0.440. The Hall–Kier alpha value is -3.06. The van der Waals surface area contributed by atoms with Gasteiger partial charge >= 0.3 is 5.97 Å². The summed E-state index contributed by atoms with van der Waals surface area (Å²) in [5.41, 5.74) is 3.39. The summed E-state index contributed by atoms with van der Waals surface area (Å²) >= 11 is 0. The van der Waals surface area contributed by atoms with Gasteiger partial charge in [0.15, 0.2) is 23.4 Å². The number of Topliss-reactive ketones (excluding diaryl/α,β-unsaturated/α-hetero) is 1. The van der Waals surface area contributed by atoms with E-state index < -0.39 is 12.1 Å². The average molecular weight is 439 g/mol. The van der Waals surface area contributed by atoms with Crippen molar-refractivity contribution >= 4 is 17.4 Å². The molecule has 1 fully saturated rings. The maximum atomic E-state index is 12.6. The monoisotopic (exact) mass is 438 g/mol. The van der Waals surface area contributed by atoms with Gasteiger partial charge in [0.2, 0.25) is 0 Å². The van der Waals surface area contributed by atoms with Gasteiger partial charge in [0.25, 0.3) is 0 Å². The number of hydrogen-bond donors (Lipinski definition) is 1. The van der Waals surface area contributed by atoms with E-state index in [1.165, 1.54) is 0 Å². The fourth-order valence-corrected chi connectivity index (χ4v) is 4.64. The molecule has 1 N–H and O–H groups in total. The molecule has 170 valence electrons. The number of ketones is 1. The van der Waals surface area contributed by atoms with Crippen LogP contribution < -0.4 is 14.4 Å². The first-order valence-electron chi connectivity index (χ1n) is 11.1. The molecule has 32 heavy (non-hydrogen) atoms. The fourth-order valence-electron chi connectivity index (χ4n) is 4.64. The molecule has 1 saturated heterocycles. The molecule has 2 aliphatic heterocycles. The number of carboxylic acid groups (broad SMARTS) is 1. The van der Waals surface area contributed by atoms with E-state index in [1.54, 1.807) is 26.2 Å². The zero-order valence-corrected chi connectivity index (χ0v) is 18.8. The van der Waals surface area contributed by atoms with Crippen molar-refractivity contribution in [3.63, 3.8) is 0 Å². The molecule has 2 aromatic rings. The van der Waals surface area contributed by atoms with Gasteiger partial charge in [-0.3, -0.25) is 9.69 Å². The SMILES string of the molecule is CCC1C(=O)C(C)Oc2c(OC)cc(CN3CCN(c4ccc(C(=O)O)cc4)CC3)cc21. The van der Waals surface area contributed by atoms with Gasteiger partial charge in [-0.15, -0.1) is 0 Å². The van der Waals surface area contributed by atoms with Crippen LogP contribution in [0.5, 0.6) is 11.5 Å². The number of benzene rings is 2. The molecule has 2 aromatic carbocycles. The molecule has 0 aromatic heterocycles. The van der Waals surface area contributed by atoms with Crippen molar-refractivity contribution in [3.8, 4) is 11.5 Å². The van der Waals surface area contributed by atoms with E-state index in [1.807, 2.05) is 25.1 Å². The van der Waals surface area contributed by atoms with Crippen molar-refractivity contribution < 1.29 is 24.2 Å². The molecule has 2 aliphatic rings. The Morgan fingerprint density at radius 1 is 1.16 bits per heavy atom. The summed E-state index contributed by atoms with van der Waals surface area (Å²) in [6, 6.07) is 11.2. The van der Waals surface area contributed by atoms with Crippen LogP contribution in [-0.4, -0.2) is 61.2 Å². The van der Waals surface area contributed by atoms with E-state index >= 15 is 0 Å². The van der Waals surface area contributed by atoms with Gasteiger partial charge in [-0.2, -0.15) is 0 Å². The minimum atomic E-state index is -0.909. The molecular weight excluding hydrogens is 408 g/mol. The van der Waals surface area contributed by atoms with Crippen LogP contribution in [0, 0.1) is 0 Å². The number of aromatic carboxylic acids is 1. The summed E-state index contributed by atoms with van der Waals surface area (Å²) in [6.07, 6.45) is 0.288. The van der Waals surface area contributed by atoms with Gasteiger partial charge in [-0.1, -0.05) is 6.92 Å². The zero-order valence-electron chi connectivity index (χ0n) is 18.8. The van der Waals surface area contributed by atoms with E-state index in [2.05, 4.69) is 15.9 Å². The zero-order chi connectivity index (χ0) is 22.8. The Morgan fingerprint density at radius 3 is 2.44 bits per heavy atom. The second-order valence-electron chi connectivity index (χ2n) is 8.45. The van der Waals surface area contributed by atoms with Crippen LogP contribution in [0.2, 0.25) is 0 Å². The van der Waals surface area contributed by atoms with Crippen molar-refractivity contribution in [3.05, 3.63) is 53.1 Å². The van der Waals surface area contributed by atoms with Crippen LogP contribution in [-0.2, 0) is 11.3 Å². The highest BCUT2D eigenvalue weighted by Gasteiger charge is 2.35. The third-order valence-electron chi connectivity index (χ3n) is 6.44. The molecule has 2 heterocycles. The Labute approximate surface area is 188 Å². The lowest BCUT2D eigenvalue weighted by Crippen LogP contribution is -2.46. The minimum absolute atomic E-state index is 0.127. The molecule has 4 rings (SSSR count). The Kier molecular flexibility index (Phi) is 6.37. The summed E-state index contributed by atoms with van der Waals surface area (Å²) in [6.45, 7) is 8.13. The first-order valence-corrected chi connectivity index (χ1v) is 11.1. The van der Waals surface area contributed by atoms with Crippen molar-refractivity contribution in [1.82, 2.24) is 4.90 Å². The summed E-state index contributed by atoms with van der Waals surface area (Å²) in [4.78, 5) is 28.4. The molecule has 7 nitrogen and oxygen atoms in total. The van der Waals surface area contributed by atoms with Gasteiger partial charge in [0, 0.05) is 44.0 Å². The van der Waals surface area contributed by atoms with E-state index in [-0.39, 0.29) is 11.7 Å². The molecule has 0 aliphatic carbocycles. The topological polar surface area (TPSA) is 79.3 Å². The highest BCUT2D eigenvalue weighted by Crippen LogP contribution is 2.43. The number of carboxylic acids is 1. The smallest absolute Gasteiger partial charge is 0.335 e. The normalized spacial score (nSPS) is 21.1. The van der Waals surface area contributed by atoms with Crippen molar-refractivity contribution in [2.75, 3.05) is 38.2 Å². The van der Waals surface area contributed by atoms with Crippen LogP contribution in [0.4, 0.5) is 5.69 Å². The second kappa shape index (κ2) is 9.20. The molecule has 2 unspecified atom stereocenters. The highest BCUT2D eigenvalue weighted by molar-refractivity contribution is 5.92. The lowest BCUT2D eigenvalue weighted by Gasteiger charge is -2.36. The number of anilines is 1. The van der Waals surface area contributed by atoms with Crippen LogP contribution >= 0.6 is 0 Å². The molecule has 0 amide bonds. The predicted molar refractivity (Wildman–Crippen MR) is 122 cm³/mol. The van der Waals surface area contributed by atoms with E-state index in [0.717, 1.165) is 56.0 Å².